The van der Waals surface area contributed by atoms with Crippen LogP contribution in [0.4, 0.5) is 0 Å². The minimum Gasteiger partial charge on any atom is -0.310 e. The van der Waals surface area contributed by atoms with E-state index in [0.717, 1.165) is 24.8 Å². The van der Waals surface area contributed by atoms with Crippen molar-refractivity contribution in [3.05, 3.63) is 17.0 Å². The lowest BCUT2D eigenvalue weighted by atomic mass is 10.2. The predicted molar refractivity (Wildman–Crippen MR) is 85.6 cm³/mol. The number of unbranched alkanes of at least 4 members (excludes halogenated alkanes) is 1. The van der Waals surface area contributed by atoms with Crippen molar-refractivity contribution in [2.45, 2.75) is 69.8 Å². The van der Waals surface area contributed by atoms with Crippen LogP contribution in [0, 0.1) is 0 Å². The molecule has 116 valence electrons. The maximum absolute atomic E-state index is 12.2. The van der Waals surface area contributed by atoms with Crippen molar-refractivity contribution in [2.24, 2.45) is 0 Å². The van der Waals surface area contributed by atoms with Gasteiger partial charge in [0.2, 0.25) is 10.0 Å². The van der Waals surface area contributed by atoms with E-state index in [1.807, 2.05) is 12.3 Å². The molecule has 0 aliphatic heterocycles. The molecule has 0 aromatic carbocycles. The summed E-state index contributed by atoms with van der Waals surface area (Å²) >= 11 is 1.28. The van der Waals surface area contributed by atoms with Gasteiger partial charge in [-0.05, 0) is 30.4 Å². The van der Waals surface area contributed by atoms with Gasteiger partial charge in [-0.3, -0.25) is 0 Å². The highest BCUT2D eigenvalue weighted by Gasteiger charge is 2.19. The van der Waals surface area contributed by atoms with Gasteiger partial charge in [0.1, 0.15) is 4.21 Å². The Bertz CT molecular complexity index is 495. The quantitative estimate of drug-likeness (QED) is 0.735. The molecule has 0 aliphatic carbocycles. The fourth-order valence-corrected chi connectivity index (χ4v) is 4.30. The summed E-state index contributed by atoms with van der Waals surface area (Å²) in [4.78, 5) is 0. The largest absolute Gasteiger partial charge is 0.310 e. The Hall–Kier alpha value is -0.430. The first-order valence-corrected chi connectivity index (χ1v) is 9.54. The van der Waals surface area contributed by atoms with E-state index < -0.39 is 10.0 Å². The number of sulfonamides is 1. The molecule has 1 rings (SSSR count). The van der Waals surface area contributed by atoms with Crippen LogP contribution >= 0.6 is 11.3 Å². The van der Waals surface area contributed by atoms with Crippen LogP contribution in [-0.2, 0) is 16.6 Å². The van der Waals surface area contributed by atoms with Crippen molar-refractivity contribution in [1.82, 2.24) is 10.0 Å². The second kappa shape index (κ2) is 8.12. The summed E-state index contributed by atoms with van der Waals surface area (Å²) in [5.41, 5.74) is 1.02. The molecule has 0 radical (unpaired) electrons. The molecule has 0 saturated carbocycles. The van der Waals surface area contributed by atoms with E-state index in [1.54, 1.807) is 6.07 Å². The minimum absolute atomic E-state index is 0.0145. The molecule has 1 aromatic heterocycles. The first-order chi connectivity index (χ1) is 9.35. The lowest BCUT2D eigenvalue weighted by Gasteiger charge is -2.12. The highest BCUT2D eigenvalue weighted by Crippen LogP contribution is 2.21. The van der Waals surface area contributed by atoms with Gasteiger partial charge in [-0.15, -0.1) is 11.3 Å². The van der Waals surface area contributed by atoms with Gasteiger partial charge >= 0.3 is 0 Å². The van der Waals surface area contributed by atoms with Crippen molar-refractivity contribution in [1.29, 1.82) is 0 Å². The van der Waals surface area contributed by atoms with E-state index in [-0.39, 0.29) is 6.04 Å². The molecular formula is C14H26N2O2S2. The molecular weight excluding hydrogens is 292 g/mol. The fraction of sp³-hybridized carbons (Fsp3) is 0.714. The van der Waals surface area contributed by atoms with Gasteiger partial charge in [0.25, 0.3) is 0 Å². The third kappa shape index (κ3) is 5.91. The lowest BCUT2D eigenvalue weighted by Crippen LogP contribution is -2.32. The molecule has 2 N–H and O–H groups in total. The number of rotatable bonds is 9. The summed E-state index contributed by atoms with van der Waals surface area (Å²) in [6.07, 6.45) is 3.00. The number of hydrogen-bond acceptors (Lipinski definition) is 4. The van der Waals surface area contributed by atoms with E-state index in [0.29, 0.717) is 16.8 Å². The van der Waals surface area contributed by atoms with Crippen LogP contribution in [0.1, 0.15) is 52.5 Å². The highest BCUT2D eigenvalue weighted by molar-refractivity contribution is 7.91. The van der Waals surface area contributed by atoms with Crippen LogP contribution in [0.2, 0.25) is 0 Å². The topological polar surface area (TPSA) is 58.2 Å². The molecule has 0 saturated heterocycles. The maximum Gasteiger partial charge on any atom is 0.250 e. The molecule has 1 aromatic rings. The van der Waals surface area contributed by atoms with Gasteiger partial charge in [0.15, 0.2) is 0 Å². The monoisotopic (exact) mass is 318 g/mol. The number of hydrogen-bond donors (Lipinski definition) is 2. The van der Waals surface area contributed by atoms with Crippen molar-refractivity contribution < 1.29 is 8.42 Å². The molecule has 6 heteroatoms. The van der Waals surface area contributed by atoms with Crippen molar-refractivity contribution in [3.63, 3.8) is 0 Å². The number of thiophene rings is 1. The Balaban J connectivity index is 2.63. The molecule has 4 nitrogen and oxygen atoms in total. The summed E-state index contributed by atoms with van der Waals surface area (Å²) in [5.74, 6) is 0. The Morgan fingerprint density at radius 1 is 1.30 bits per heavy atom. The maximum atomic E-state index is 12.2. The average Bonchev–Trinajstić information content (AvgIpc) is 2.83. The molecule has 1 atom stereocenters. The Labute approximate surface area is 127 Å². The number of nitrogens with one attached hydrogen (secondary N) is 2. The fourth-order valence-electron chi connectivity index (χ4n) is 1.80. The minimum atomic E-state index is -3.37. The average molecular weight is 319 g/mol. The summed E-state index contributed by atoms with van der Waals surface area (Å²) in [6.45, 7) is 8.87. The van der Waals surface area contributed by atoms with Crippen molar-refractivity contribution in [2.75, 3.05) is 0 Å². The van der Waals surface area contributed by atoms with Gasteiger partial charge in [0.05, 0.1) is 0 Å². The van der Waals surface area contributed by atoms with Gasteiger partial charge < -0.3 is 5.32 Å². The Kier molecular flexibility index (Phi) is 7.15. The van der Waals surface area contributed by atoms with E-state index >= 15 is 0 Å². The summed E-state index contributed by atoms with van der Waals surface area (Å²) < 4.78 is 27.6. The van der Waals surface area contributed by atoms with Gasteiger partial charge in [0, 0.05) is 18.6 Å². The second-order valence-corrected chi connectivity index (χ2v) is 8.33. The first kappa shape index (κ1) is 17.6. The van der Waals surface area contributed by atoms with Crippen molar-refractivity contribution >= 4 is 21.4 Å². The van der Waals surface area contributed by atoms with Gasteiger partial charge in [-0.1, -0.05) is 33.6 Å². The zero-order chi connectivity index (χ0) is 15.2. The van der Waals surface area contributed by atoms with E-state index in [4.69, 9.17) is 0 Å². The Morgan fingerprint density at radius 3 is 2.60 bits per heavy atom. The van der Waals surface area contributed by atoms with E-state index in [1.165, 1.54) is 11.3 Å². The highest BCUT2D eigenvalue weighted by atomic mass is 32.2. The van der Waals surface area contributed by atoms with Crippen LogP contribution in [0.3, 0.4) is 0 Å². The molecule has 0 aliphatic rings. The van der Waals surface area contributed by atoms with Crippen molar-refractivity contribution in [3.8, 4) is 0 Å². The smallest absolute Gasteiger partial charge is 0.250 e. The lowest BCUT2D eigenvalue weighted by molar-refractivity contribution is 0.535. The van der Waals surface area contributed by atoms with Crippen LogP contribution in [0.5, 0.6) is 0 Å². The molecule has 0 fully saturated rings. The van der Waals surface area contributed by atoms with E-state index in [2.05, 4.69) is 30.8 Å². The molecule has 0 bridgehead atoms. The van der Waals surface area contributed by atoms with Gasteiger partial charge in [-0.25, -0.2) is 13.1 Å². The molecule has 0 spiro atoms. The second-order valence-electron chi connectivity index (χ2n) is 5.47. The third-order valence-corrected chi connectivity index (χ3v) is 6.03. The summed E-state index contributed by atoms with van der Waals surface area (Å²) in [6, 6.07) is 2.14. The van der Waals surface area contributed by atoms with E-state index in [9.17, 15) is 8.42 Å². The molecule has 0 amide bonds. The zero-order valence-corrected chi connectivity index (χ0v) is 14.4. The normalized spacial score (nSPS) is 13.8. The van der Waals surface area contributed by atoms with Crippen LogP contribution in [-0.4, -0.2) is 20.5 Å². The zero-order valence-electron chi connectivity index (χ0n) is 12.8. The van der Waals surface area contributed by atoms with Gasteiger partial charge in [-0.2, -0.15) is 0 Å². The predicted octanol–water partition coefficient (Wildman–Crippen LogP) is 3.10. The third-order valence-electron chi connectivity index (χ3n) is 2.96. The molecule has 1 unspecified atom stereocenters. The SMILES string of the molecule is CCCCC(C)NS(=O)(=O)c1cc(CNC(C)C)cs1. The first-order valence-electron chi connectivity index (χ1n) is 7.18. The standard InChI is InChI=1S/C14H26N2O2S2/c1-5-6-7-12(4)16-20(17,18)14-8-13(10-19-14)9-15-11(2)3/h8,10-12,15-16H,5-7,9H2,1-4H3. The summed E-state index contributed by atoms with van der Waals surface area (Å²) in [7, 11) is -3.37. The molecule has 1 heterocycles. The van der Waals surface area contributed by atoms with Crippen LogP contribution in [0.25, 0.3) is 0 Å². The van der Waals surface area contributed by atoms with Crippen LogP contribution in [0.15, 0.2) is 15.7 Å². The Morgan fingerprint density at radius 2 is 2.00 bits per heavy atom. The summed E-state index contributed by atoms with van der Waals surface area (Å²) in [5, 5.41) is 5.19. The van der Waals surface area contributed by atoms with Crippen LogP contribution < -0.4 is 10.0 Å². The molecule has 20 heavy (non-hydrogen) atoms.